The van der Waals surface area contributed by atoms with Crippen LogP contribution >= 0.6 is 0 Å². The van der Waals surface area contributed by atoms with E-state index in [1.807, 2.05) is 0 Å². The molecule has 1 nitrogen and oxygen atoms in total. The van der Waals surface area contributed by atoms with Crippen molar-refractivity contribution in [2.24, 2.45) is 0 Å². The van der Waals surface area contributed by atoms with Crippen molar-refractivity contribution in [2.75, 3.05) is 13.1 Å². The molecule has 0 radical (unpaired) electrons. The van der Waals surface area contributed by atoms with Crippen molar-refractivity contribution >= 4 is 8.24 Å². The normalized spacial score (nSPS) is 13.2. The summed E-state index contributed by atoms with van der Waals surface area (Å²) in [4.78, 5) is 0. The Hall–Kier alpha value is -0.0831. The van der Waals surface area contributed by atoms with Gasteiger partial charge in [0.2, 0.25) is 0 Å². The van der Waals surface area contributed by atoms with Crippen LogP contribution < -0.4 is 0 Å². The molecule has 96 valence electrons. The van der Waals surface area contributed by atoms with E-state index in [1.54, 1.807) is 0 Å². The van der Waals surface area contributed by atoms with Crippen LogP contribution in [0.15, 0.2) is 12.2 Å². The van der Waals surface area contributed by atoms with Crippen LogP contribution in [-0.2, 0) is 0 Å². The summed E-state index contributed by atoms with van der Waals surface area (Å²) in [5.41, 5.74) is 1.29. The summed E-state index contributed by atoms with van der Waals surface area (Å²) in [5, 5.41) is 0.427. The van der Waals surface area contributed by atoms with Gasteiger partial charge in [-0.2, -0.15) is 0 Å². The molecule has 0 heterocycles. The third kappa shape index (κ3) is 4.42. The van der Waals surface area contributed by atoms with Gasteiger partial charge in [-0.1, -0.05) is 59.4 Å². The van der Waals surface area contributed by atoms with Crippen LogP contribution in [0.25, 0.3) is 0 Å². The van der Waals surface area contributed by atoms with Crippen molar-refractivity contribution < 1.29 is 0 Å². The molecule has 0 unspecified atom stereocenters. The molecule has 0 atom stereocenters. The first kappa shape index (κ1) is 15.9. The third-order valence-electron chi connectivity index (χ3n) is 3.87. The van der Waals surface area contributed by atoms with E-state index in [0.29, 0.717) is 5.04 Å². The van der Waals surface area contributed by atoms with Gasteiger partial charge in [0.05, 0.1) is 0 Å². The Balaban J connectivity index is 4.79. The van der Waals surface area contributed by atoms with E-state index in [1.165, 1.54) is 25.0 Å². The highest BCUT2D eigenvalue weighted by atomic mass is 28.3. The van der Waals surface area contributed by atoms with Crippen LogP contribution in [0.3, 0.4) is 0 Å². The van der Waals surface area contributed by atoms with E-state index in [4.69, 9.17) is 0 Å². The molecule has 0 bridgehead atoms. The Morgan fingerprint density at radius 3 is 2.06 bits per heavy atom. The molecule has 0 aliphatic rings. The molecule has 0 aromatic heterocycles. The molecule has 0 amide bonds. The molecule has 0 aliphatic carbocycles. The first-order chi connectivity index (χ1) is 7.13. The minimum atomic E-state index is -1.36. The van der Waals surface area contributed by atoms with Crippen LogP contribution in [0.1, 0.15) is 47.5 Å². The monoisotopic (exact) mass is 241 g/mol. The molecule has 0 spiro atoms. The Morgan fingerprint density at radius 1 is 1.25 bits per heavy atom. The molecule has 0 N–H and O–H groups in total. The Bertz CT molecular complexity index is 225. The molecule has 0 saturated carbocycles. The Labute approximate surface area is 104 Å². The third-order valence-corrected chi connectivity index (χ3v) is 9.50. The molecule has 0 aromatic carbocycles. The van der Waals surface area contributed by atoms with Crippen molar-refractivity contribution in [3.05, 3.63) is 12.2 Å². The van der Waals surface area contributed by atoms with Gasteiger partial charge in [-0.3, -0.25) is 0 Å². The predicted octanol–water partition coefficient (Wildman–Crippen LogP) is 4.67. The number of hydrogen-bond donors (Lipinski definition) is 0. The topological polar surface area (TPSA) is 3.24 Å². The van der Waals surface area contributed by atoms with Crippen LogP contribution in [0.4, 0.5) is 0 Å². The lowest BCUT2D eigenvalue weighted by atomic mass is 10.2. The maximum Gasteiger partial charge on any atom is 0.127 e. The van der Waals surface area contributed by atoms with Gasteiger partial charge in [-0.05, 0) is 24.9 Å². The van der Waals surface area contributed by atoms with E-state index in [2.05, 4.69) is 58.9 Å². The minimum absolute atomic E-state index is 0.427. The van der Waals surface area contributed by atoms with Gasteiger partial charge in [-0.15, -0.1) is 0 Å². The Kier molecular flexibility index (Phi) is 5.98. The van der Waals surface area contributed by atoms with Gasteiger partial charge < -0.3 is 4.57 Å². The summed E-state index contributed by atoms with van der Waals surface area (Å²) in [5.74, 6) is 0. The van der Waals surface area contributed by atoms with Crippen LogP contribution in [0.2, 0.25) is 18.1 Å². The summed E-state index contributed by atoms with van der Waals surface area (Å²) in [6, 6.07) is 0. The Morgan fingerprint density at radius 2 is 1.75 bits per heavy atom. The first-order valence-electron chi connectivity index (χ1n) is 6.52. The predicted molar refractivity (Wildman–Crippen MR) is 78.5 cm³/mol. The van der Waals surface area contributed by atoms with Crippen molar-refractivity contribution in [3.8, 4) is 0 Å². The number of nitrogens with zero attached hydrogens (tertiary/aromatic N) is 1. The van der Waals surface area contributed by atoms with E-state index in [0.717, 1.165) is 6.54 Å². The minimum Gasteiger partial charge on any atom is -0.320 e. The average Bonchev–Trinajstić information content (AvgIpc) is 2.09. The molecule has 16 heavy (non-hydrogen) atoms. The van der Waals surface area contributed by atoms with E-state index in [-0.39, 0.29) is 0 Å². The fraction of sp³-hybridized carbons (Fsp3) is 0.857. The van der Waals surface area contributed by atoms with E-state index in [9.17, 15) is 0 Å². The summed E-state index contributed by atoms with van der Waals surface area (Å²) in [7, 11) is -1.36. The molecule has 0 aromatic rings. The second kappa shape index (κ2) is 6.01. The molecule has 2 heteroatoms. The summed E-state index contributed by atoms with van der Waals surface area (Å²) in [6.45, 7) is 22.9. The largest absolute Gasteiger partial charge is 0.320 e. The summed E-state index contributed by atoms with van der Waals surface area (Å²) < 4.78 is 2.72. The van der Waals surface area contributed by atoms with Crippen LogP contribution in [0.5, 0.6) is 0 Å². The van der Waals surface area contributed by atoms with Gasteiger partial charge in [0.15, 0.2) is 0 Å². The average molecular weight is 241 g/mol. The SMILES string of the molecule is C=C(C)CN(CCCC)[Si](C)(C)C(C)(C)C. The van der Waals surface area contributed by atoms with Gasteiger partial charge in [-0.25, -0.2) is 0 Å². The highest BCUT2D eigenvalue weighted by Crippen LogP contribution is 2.38. The molecule has 0 aliphatic heterocycles. The van der Waals surface area contributed by atoms with Gasteiger partial charge in [0.1, 0.15) is 8.24 Å². The highest BCUT2D eigenvalue weighted by molar-refractivity contribution is 6.77. The molecular formula is C14H31NSi. The quantitative estimate of drug-likeness (QED) is 0.482. The second-order valence-corrected chi connectivity index (χ2v) is 11.8. The van der Waals surface area contributed by atoms with Crippen molar-refractivity contribution in [2.45, 2.75) is 65.6 Å². The van der Waals surface area contributed by atoms with Crippen LogP contribution in [-0.4, -0.2) is 25.9 Å². The number of hydrogen-bond acceptors (Lipinski definition) is 1. The lowest BCUT2D eigenvalue weighted by Crippen LogP contribution is -2.55. The van der Waals surface area contributed by atoms with Crippen molar-refractivity contribution in [1.29, 1.82) is 0 Å². The zero-order valence-electron chi connectivity index (χ0n) is 12.5. The molecule has 0 saturated heterocycles. The standard InChI is InChI=1S/C14H31NSi/c1-9-10-11-15(12-13(2)3)16(7,8)14(4,5)6/h2,9-12H2,1,3-8H3. The maximum atomic E-state index is 4.08. The maximum absolute atomic E-state index is 4.08. The number of unbranched alkanes of at least 4 members (excludes halogenated alkanes) is 1. The van der Waals surface area contributed by atoms with Gasteiger partial charge >= 0.3 is 0 Å². The lowest BCUT2D eigenvalue weighted by Gasteiger charge is -2.46. The van der Waals surface area contributed by atoms with Crippen molar-refractivity contribution in [3.63, 3.8) is 0 Å². The first-order valence-corrected chi connectivity index (χ1v) is 9.47. The smallest absolute Gasteiger partial charge is 0.127 e. The number of rotatable bonds is 6. The molecular weight excluding hydrogens is 210 g/mol. The molecule has 0 fully saturated rings. The van der Waals surface area contributed by atoms with E-state index < -0.39 is 8.24 Å². The lowest BCUT2D eigenvalue weighted by molar-refractivity contribution is 0.415. The van der Waals surface area contributed by atoms with E-state index >= 15 is 0 Å². The fourth-order valence-corrected chi connectivity index (χ4v) is 4.04. The highest BCUT2D eigenvalue weighted by Gasteiger charge is 2.40. The van der Waals surface area contributed by atoms with Crippen LogP contribution in [0, 0.1) is 0 Å². The van der Waals surface area contributed by atoms with Gasteiger partial charge in [0.25, 0.3) is 0 Å². The zero-order valence-corrected chi connectivity index (χ0v) is 13.5. The molecule has 0 rings (SSSR count). The zero-order chi connectivity index (χ0) is 13.0. The van der Waals surface area contributed by atoms with Crippen molar-refractivity contribution in [1.82, 2.24) is 4.57 Å². The summed E-state index contributed by atoms with van der Waals surface area (Å²) >= 11 is 0. The van der Waals surface area contributed by atoms with Gasteiger partial charge in [0, 0.05) is 6.54 Å². The second-order valence-electron chi connectivity index (χ2n) is 6.54. The fourth-order valence-electron chi connectivity index (χ4n) is 1.71. The summed E-state index contributed by atoms with van der Waals surface area (Å²) in [6.07, 6.45) is 2.58.